The highest BCUT2D eigenvalue weighted by Crippen LogP contribution is 2.36. The van der Waals surface area contributed by atoms with Crippen molar-refractivity contribution in [2.45, 2.75) is 31.9 Å². The number of carbonyl (C=O) groups is 1. The molecule has 3 aromatic rings. The predicted octanol–water partition coefficient (Wildman–Crippen LogP) is 4.16. The first kappa shape index (κ1) is 20.0. The summed E-state index contributed by atoms with van der Waals surface area (Å²) in [4.78, 5) is 19.5. The molecule has 4 rings (SSSR count). The summed E-state index contributed by atoms with van der Waals surface area (Å²) in [5.41, 5.74) is 2.23. The average molecular weight is 410 g/mol. The molecule has 1 fully saturated rings. The van der Waals surface area contributed by atoms with Gasteiger partial charge in [0.05, 0.1) is 29.4 Å². The van der Waals surface area contributed by atoms with Crippen LogP contribution in [0.4, 0.5) is 0 Å². The zero-order valence-electron chi connectivity index (χ0n) is 16.5. The summed E-state index contributed by atoms with van der Waals surface area (Å²) in [5.74, 6) is 0.0843. The fourth-order valence-electron chi connectivity index (χ4n) is 3.73. The molecular weight excluding hydrogens is 382 g/mol. The van der Waals surface area contributed by atoms with Crippen LogP contribution in [0.1, 0.15) is 35.9 Å². The highest BCUT2D eigenvalue weighted by molar-refractivity contribution is 7.18. The second-order valence-corrected chi connectivity index (χ2v) is 8.45. The number of fused-ring (bicyclic) bond motifs is 1. The van der Waals surface area contributed by atoms with Gasteiger partial charge < -0.3 is 10.1 Å². The minimum Gasteiger partial charge on any atom is -0.377 e. The molecule has 0 bridgehead atoms. The molecule has 0 radical (unpaired) electrons. The van der Waals surface area contributed by atoms with Gasteiger partial charge in [-0.25, -0.2) is 4.98 Å². The monoisotopic (exact) mass is 409 g/mol. The number of thiazole rings is 1. The summed E-state index contributed by atoms with van der Waals surface area (Å²) in [6, 6.07) is 18.6. The van der Waals surface area contributed by atoms with E-state index in [-0.39, 0.29) is 11.9 Å². The fourth-order valence-corrected chi connectivity index (χ4v) is 4.87. The normalized spacial score (nSPS) is 17.0. The Labute approximate surface area is 175 Å². The van der Waals surface area contributed by atoms with E-state index in [1.165, 1.54) is 10.3 Å². The molecule has 2 heterocycles. The van der Waals surface area contributed by atoms with Gasteiger partial charge in [-0.05, 0) is 43.5 Å². The van der Waals surface area contributed by atoms with Crippen LogP contribution in [0.25, 0.3) is 10.2 Å². The van der Waals surface area contributed by atoms with Crippen LogP contribution in [-0.2, 0) is 16.1 Å². The van der Waals surface area contributed by atoms with Gasteiger partial charge in [0.25, 0.3) is 0 Å². The number of ether oxygens (including phenoxy) is 1. The molecule has 0 aliphatic carbocycles. The van der Waals surface area contributed by atoms with Crippen molar-refractivity contribution in [3.05, 3.63) is 65.2 Å². The molecule has 0 saturated carbocycles. The number of amides is 1. The lowest BCUT2D eigenvalue weighted by atomic mass is 10.2. The molecule has 1 unspecified atom stereocenters. The van der Waals surface area contributed by atoms with Crippen molar-refractivity contribution in [3.8, 4) is 0 Å². The molecule has 1 aliphatic heterocycles. The minimum absolute atomic E-state index is 0.0843. The smallest absolute Gasteiger partial charge is 0.234 e. The summed E-state index contributed by atoms with van der Waals surface area (Å²) in [5, 5.41) is 4.16. The van der Waals surface area contributed by atoms with Crippen LogP contribution in [0.15, 0.2) is 54.6 Å². The molecule has 5 nitrogen and oxygen atoms in total. The van der Waals surface area contributed by atoms with Gasteiger partial charge in [0.2, 0.25) is 5.91 Å². The number of carbonyl (C=O) groups excluding carboxylic acids is 1. The summed E-state index contributed by atoms with van der Waals surface area (Å²) >= 11 is 1.75. The van der Waals surface area contributed by atoms with E-state index in [1.54, 1.807) is 11.3 Å². The first-order valence-corrected chi connectivity index (χ1v) is 11.1. The van der Waals surface area contributed by atoms with Gasteiger partial charge in [-0.1, -0.05) is 42.5 Å². The number of rotatable bonds is 9. The van der Waals surface area contributed by atoms with Crippen molar-refractivity contribution in [1.29, 1.82) is 0 Å². The second kappa shape index (κ2) is 9.96. The van der Waals surface area contributed by atoms with Crippen LogP contribution in [-0.4, -0.2) is 42.0 Å². The Balaban J connectivity index is 1.19. The summed E-state index contributed by atoms with van der Waals surface area (Å²) in [6.45, 7) is 3.30. The van der Waals surface area contributed by atoms with Crippen LogP contribution in [0.3, 0.4) is 0 Å². The average Bonchev–Trinajstić information content (AvgIpc) is 3.37. The molecule has 6 heteroatoms. The summed E-state index contributed by atoms with van der Waals surface area (Å²) < 4.78 is 6.89. The van der Waals surface area contributed by atoms with E-state index in [4.69, 9.17) is 9.72 Å². The van der Waals surface area contributed by atoms with Gasteiger partial charge in [0.15, 0.2) is 0 Å². The van der Waals surface area contributed by atoms with Crippen LogP contribution in [0.5, 0.6) is 0 Å². The SMILES string of the molecule is O=C(CN1CCCC1c1nc2ccccc2s1)NCCCOCc1ccccc1. The zero-order valence-corrected chi connectivity index (χ0v) is 17.4. The number of nitrogens with one attached hydrogen (secondary N) is 1. The topological polar surface area (TPSA) is 54.5 Å². The third kappa shape index (κ3) is 5.41. The Hall–Kier alpha value is -2.28. The van der Waals surface area contributed by atoms with E-state index in [9.17, 15) is 4.79 Å². The van der Waals surface area contributed by atoms with Crippen LogP contribution >= 0.6 is 11.3 Å². The van der Waals surface area contributed by atoms with Crippen LogP contribution in [0, 0.1) is 0 Å². The van der Waals surface area contributed by atoms with Crippen molar-refractivity contribution in [2.75, 3.05) is 26.2 Å². The van der Waals surface area contributed by atoms with Gasteiger partial charge >= 0.3 is 0 Å². The van der Waals surface area contributed by atoms with Gasteiger partial charge in [-0.2, -0.15) is 0 Å². The largest absolute Gasteiger partial charge is 0.377 e. The Morgan fingerprint density at radius 3 is 2.86 bits per heavy atom. The Morgan fingerprint density at radius 1 is 1.17 bits per heavy atom. The number of hydrogen-bond donors (Lipinski definition) is 1. The van der Waals surface area contributed by atoms with Crippen molar-refractivity contribution in [2.24, 2.45) is 0 Å². The summed E-state index contributed by atoms with van der Waals surface area (Å²) in [6.07, 6.45) is 3.00. The lowest BCUT2D eigenvalue weighted by molar-refractivity contribution is -0.122. The lowest BCUT2D eigenvalue weighted by Gasteiger charge is -2.22. The number of likely N-dealkylation sites (tertiary alicyclic amines) is 1. The predicted molar refractivity (Wildman–Crippen MR) is 117 cm³/mol. The van der Waals surface area contributed by atoms with Crippen LogP contribution in [0.2, 0.25) is 0 Å². The first-order chi connectivity index (χ1) is 14.3. The van der Waals surface area contributed by atoms with E-state index < -0.39 is 0 Å². The fraction of sp³-hybridized carbons (Fsp3) is 0.391. The zero-order chi connectivity index (χ0) is 19.9. The summed E-state index contributed by atoms with van der Waals surface area (Å²) in [7, 11) is 0. The quantitative estimate of drug-likeness (QED) is 0.539. The molecule has 29 heavy (non-hydrogen) atoms. The number of benzene rings is 2. The molecule has 0 spiro atoms. The lowest BCUT2D eigenvalue weighted by Crippen LogP contribution is -2.37. The van der Waals surface area contributed by atoms with Gasteiger partial charge in [0.1, 0.15) is 5.01 Å². The van der Waals surface area contributed by atoms with Crippen molar-refractivity contribution in [1.82, 2.24) is 15.2 Å². The maximum Gasteiger partial charge on any atom is 0.234 e. The molecule has 1 aliphatic rings. The van der Waals surface area contributed by atoms with E-state index >= 15 is 0 Å². The number of para-hydroxylation sites is 1. The molecule has 1 amide bonds. The molecule has 1 saturated heterocycles. The minimum atomic E-state index is 0.0843. The number of hydrogen-bond acceptors (Lipinski definition) is 5. The van der Waals surface area contributed by atoms with Crippen molar-refractivity contribution in [3.63, 3.8) is 0 Å². The Bertz CT molecular complexity index is 895. The van der Waals surface area contributed by atoms with Gasteiger partial charge in [-0.15, -0.1) is 11.3 Å². The van der Waals surface area contributed by atoms with Crippen molar-refractivity contribution >= 4 is 27.5 Å². The van der Waals surface area contributed by atoms with E-state index in [0.717, 1.165) is 36.3 Å². The molecule has 2 aromatic carbocycles. The Kier molecular flexibility index (Phi) is 6.87. The van der Waals surface area contributed by atoms with Crippen LogP contribution < -0.4 is 5.32 Å². The number of aromatic nitrogens is 1. The van der Waals surface area contributed by atoms with Gasteiger partial charge in [-0.3, -0.25) is 9.69 Å². The molecule has 1 N–H and O–H groups in total. The Morgan fingerprint density at radius 2 is 2.00 bits per heavy atom. The van der Waals surface area contributed by atoms with E-state index in [0.29, 0.717) is 26.3 Å². The van der Waals surface area contributed by atoms with Crippen molar-refractivity contribution < 1.29 is 9.53 Å². The third-order valence-electron chi connectivity index (χ3n) is 5.21. The molecule has 152 valence electrons. The second-order valence-electron chi connectivity index (χ2n) is 7.39. The maximum atomic E-state index is 12.4. The third-order valence-corrected chi connectivity index (χ3v) is 6.34. The molecule has 1 aromatic heterocycles. The van der Waals surface area contributed by atoms with E-state index in [1.807, 2.05) is 30.3 Å². The number of nitrogens with zero attached hydrogens (tertiary/aromatic N) is 2. The molecular formula is C23H27N3O2S. The van der Waals surface area contributed by atoms with Gasteiger partial charge in [0, 0.05) is 13.2 Å². The highest BCUT2D eigenvalue weighted by Gasteiger charge is 2.29. The van der Waals surface area contributed by atoms with E-state index in [2.05, 4.69) is 34.5 Å². The maximum absolute atomic E-state index is 12.4. The highest BCUT2D eigenvalue weighted by atomic mass is 32.1. The first-order valence-electron chi connectivity index (χ1n) is 10.3. The molecule has 1 atom stereocenters. The standard InChI is InChI=1S/C23H27N3O2S/c27-22(24-13-7-15-28-17-18-8-2-1-3-9-18)16-26-14-6-11-20(26)23-25-19-10-4-5-12-21(19)29-23/h1-5,8-10,12,20H,6-7,11,13-17H2,(H,24,27).